The third-order valence-electron chi connectivity index (χ3n) is 11.5. The third-order valence-corrected chi connectivity index (χ3v) is 12.1. The molecule has 0 spiro atoms. The van der Waals surface area contributed by atoms with E-state index in [0.717, 1.165) is 11.6 Å². The summed E-state index contributed by atoms with van der Waals surface area (Å²) in [5, 5.41) is 21.4. The van der Waals surface area contributed by atoms with Gasteiger partial charge in [0.15, 0.2) is 17.4 Å². The van der Waals surface area contributed by atoms with Crippen molar-refractivity contribution in [2.75, 3.05) is 12.0 Å². The Balaban J connectivity index is 1.26. The lowest BCUT2D eigenvalue weighted by Crippen LogP contribution is -2.53. The molecule has 4 aromatic rings. The van der Waals surface area contributed by atoms with Gasteiger partial charge in [0.05, 0.1) is 33.8 Å². The summed E-state index contributed by atoms with van der Waals surface area (Å²) in [5.41, 5.74) is 0.817. The number of allylic oxidation sites excluding steroid dienone is 2. The van der Waals surface area contributed by atoms with Crippen LogP contribution in [0.5, 0.6) is 11.5 Å². The van der Waals surface area contributed by atoms with Gasteiger partial charge in [-0.05, 0) is 72.7 Å². The summed E-state index contributed by atoms with van der Waals surface area (Å²) in [6, 6.07) is 16.8. The van der Waals surface area contributed by atoms with Crippen molar-refractivity contribution in [3.63, 3.8) is 0 Å². The van der Waals surface area contributed by atoms with Crippen LogP contribution in [0.15, 0.2) is 90.6 Å². The molecule has 2 aliphatic carbocycles. The Morgan fingerprint density at radius 3 is 2.30 bits per heavy atom. The van der Waals surface area contributed by atoms with Gasteiger partial charge in [0.1, 0.15) is 5.75 Å². The monoisotopic (exact) mass is 808 g/mol. The van der Waals surface area contributed by atoms with Gasteiger partial charge in [-0.15, -0.1) is 0 Å². The predicted molar refractivity (Wildman–Crippen MR) is 193 cm³/mol. The van der Waals surface area contributed by atoms with E-state index in [2.05, 4.69) is 10.4 Å². The van der Waals surface area contributed by atoms with Gasteiger partial charge in [0.25, 0.3) is 11.8 Å². The number of hydrogen-bond acceptors (Lipinski definition) is 8. The second-order valence-corrected chi connectivity index (χ2v) is 15.2. The SMILES string of the molecule is O=C1C2CC=C3C(CC4C(=O)N(Nc5ncc(C(F)(F)F)cc5Cl)C(=O)C4(c4ccc(Cl)cc4)C3c3cccc(F)c3O)C2C(=O)N1CCc1ccc(O)cc1. The van der Waals surface area contributed by atoms with Crippen LogP contribution in [0.4, 0.5) is 23.4 Å². The second-order valence-electron chi connectivity index (χ2n) is 14.3. The number of likely N-dealkylation sites (tertiary alicyclic amines) is 1. The summed E-state index contributed by atoms with van der Waals surface area (Å²) in [7, 11) is 0. The Morgan fingerprint density at radius 2 is 1.62 bits per heavy atom. The highest BCUT2D eigenvalue weighted by molar-refractivity contribution is 6.33. The van der Waals surface area contributed by atoms with Crippen molar-refractivity contribution >= 4 is 52.6 Å². The average molecular weight is 810 g/mol. The van der Waals surface area contributed by atoms with Gasteiger partial charge in [-0.25, -0.2) is 9.37 Å². The number of aromatic hydroxyl groups is 2. The number of rotatable bonds is 7. The predicted octanol–water partition coefficient (Wildman–Crippen LogP) is 7.19. The molecule has 3 fully saturated rings. The quantitative estimate of drug-likeness (QED) is 0.101. The molecular weight excluding hydrogens is 779 g/mol. The molecule has 56 heavy (non-hydrogen) atoms. The van der Waals surface area contributed by atoms with Crippen molar-refractivity contribution in [3.8, 4) is 11.5 Å². The van der Waals surface area contributed by atoms with E-state index in [4.69, 9.17) is 23.2 Å². The summed E-state index contributed by atoms with van der Waals surface area (Å²) in [4.78, 5) is 63.1. The van der Waals surface area contributed by atoms with Gasteiger partial charge in [0, 0.05) is 29.2 Å². The highest BCUT2D eigenvalue weighted by Crippen LogP contribution is 2.65. The fraction of sp³-hybridized carbons (Fsp3) is 0.275. The Morgan fingerprint density at radius 1 is 0.911 bits per heavy atom. The number of amides is 4. The topological polar surface area (TPSA) is 140 Å². The summed E-state index contributed by atoms with van der Waals surface area (Å²) in [6.45, 7) is 0.0414. The molecule has 3 N–H and O–H groups in total. The maximum absolute atomic E-state index is 15.3. The van der Waals surface area contributed by atoms with E-state index in [-0.39, 0.29) is 41.3 Å². The van der Waals surface area contributed by atoms with E-state index in [1.165, 1.54) is 53.4 Å². The molecule has 0 bridgehead atoms. The van der Waals surface area contributed by atoms with Crippen LogP contribution >= 0.6 is 23.2 Å². The fourth-order valence-electron chi connectivity index (χ4n) is 9.08. The minimum atomic E-state index is -4.79. The molecular formula is C40H30Cl2F4N4O6. The Bertz CT molecular complexity index is 2340. The molecule has 0 radical (unpaired) electrons. The number of benzene rings is 3. The maximum atomic E-state index is 15.3. The Labute approximate surface area is 326 Å². The van der Waals surface area contributed by atoms with Crippen LogP contribution in [-0.4, -0.2) is 55.3 Å². The van der Waals surface area contributed by atoms with Crippen molar-refractivity contribution in [3.05, 3.63) is 129 Å². The molecule has 16 heteroatoms. The first-order valence-corrected chi connectivity index (χ1v) is 18.3. The zero-order valence-corrected chi connectivity index (χ0v) is 30.4. The standard InChI is InChI=1S/C40H30Cl2F4N4O6/c41-22-8-6-20(7-9-22)39-28(36(54)50(38(39)56)48-34-29(42)16-21(18-47-34)40(44,45)46)17-27-24(32(39)26-2-1-3-30(43)33(26)52)12-13-25-31(27)37(55)49(35(25)53)15-14-19-4-10-23(51)11-5-19/h1-12,16,18,25,27-28,31-32,51-52H,13-15,17H2,(H,47,48). The van der Waals surface area contributed by atoms with Gasteiger partial charge in [-0.3, -0.25) is 29.5 Å². The van der Waals surface area contributed by atoms with Crippen LogP contribution in [0, 0.1) is 29.5 Å². The van der Waals surface area contributed by atoms with E-state index in [1.54, 1.807) is 18.2 Å². The average Bonchev–Trinajstić information content (AvgIpc) is 3.53. The van der Waals surface area contributed by atoms with Gasteiger partial charge < -0.3 is 10.2 Å². The summed E-state index contributed by atoms with van der Waals surface area (Å²) in [6.07, 6.45) is -2.34. The van der Waals surface area contributed by atoms with E-state index in [9.17, 15) is 37.8 Å². The molecule has 3 heterocycles. The van der Waals surface area contributed by atoms with Crippen LogP contribution < -0.4 is 5.43 Å². The van der Waals surface area contributed by atoms with Crippen molar-refractivity contribution in [2.45, 2.75) is 36.8 Å². The normalized spacial score (nSPS) is 25.9. The molecule has 3 aromatic carbocycles. The summed E-state index contributed by atoms with van der Waals surface area (Å²) >= 11 is 12.5. The highest BCUT2D eigenvalue weighted by atomic mass is 35.5. The number of anilines is 1. The Hall–Kier alpha value is -5.47. The first-order chi connectivity index (χ1) is 26.6. The first-order valence-electron chi connectivity index (χ1n) is 17.6. The van der Waals surface area contributed by atoms with Crippen LogP contribution in [0.25, 0.3) is 0 Å². The molecule has 6 atom stereocenters. The summed E-state index contributed by atoms with van der Waals surface area (Å²) < 4.78 is 55.7. The number of nitrogens with zero attached hydrogens (tertiary/aromatic N) is 3. The largest absolute Gasteiger partial charge is 0.508 e. The number of phenols is 2. The van der Waals surface area contributed by atoms with E-state index in [0.29, 0.717) is 29.3 Å². The van der Waals surface area contributed by atoms with Crippen LogP contribution in [0.2, 0.25) is 10.0 Å². The van der Waals surface area contributed by atoms with Crippen molar-refractivity contribution in [1.82, 2.24) is 14.9 Å². The van der Waals surface area contributed by atoms with Crippen LogP contribution in [-0.2, 0) is 37.2 Å². The number of hydrogen-bond donors (Lipinski definition) is 3. The van der Waals surface area contributed by atoms with Gasteiger partial charge in [-0.2, -0.15) is 18.2 Å². The minimum Gasteiger partial charge on any atom is -0.508 e. The number of carbonyl (C=O) groups is 4. The lowest BCUT2D eigenvalue weighted by molar-refractivity contribution is -0.141. The van der Waals surface area contributed by atoms with Crippen molar-refractivity contribution < 1.29 is 47.0 Å². The lowest BCUT2D eigenvalue weighted by atomic mass is 9.49. The van der Waals surface area contributed by atoms with Gasteiger partial charge >= 0.3 is 6.18 Å². The highest BCUT2D eigenvalue weighted by Gasteiger charge is 2.70. The lowest BCUT2D eigenvalue weighted by Gasteiger charge is -2.50. The van der Waals surface area contributed by atoms with E-state index < -0.39 is 92.8 Å². The first kappa shape index (κ1) is 37.5. The molecule has 1 saturated carbocycles. The van der Waals surface area contributed by atoms with Crippen molar-refractivity contribution in [1.29, 1.82) is 0 Å². The number of para-hydroxylation sites is 1. The molecule has 2 saturated heterocycles. The third kappa shape index (κ3) is 5.80. The number of pyridine rings is 1. The van der Waals surface area contributed by atoms with E-state index >= 15 is 9.18 Å². The molecule has 8 rings (SSSR count). The molecule has 6 unspecified atom stereocenters. The number of carbonyl (C=O) groups excluding carboxylic acids is 4. The molecule has 4 amide bonds. The smallest absolute Gasteiger partial charge is 0.417 e. The molecule has 4 aliphatic rings. The van der Waals surface area contributed by atoms with Gasteiger partial charge in [-0.1, -0.05) is 71.2 Å². The Kier molecular flexibility index (Phi) is 9.11. The van der Waals surface area contributed by atoms with E-state index in [1.807, 2.05) is 0 Å². The zero-order chi connectivity index (χ0) is 39.8. The molecule has 2 aliphatic heterocycles. The molecule has 288 valence electrons. The fourth-order valence-corrected chi connectivity index (χ4v) is 9.42. The maximum Gasteiger partial charge on any atom is 0.417 e. The number of fused-ring (bicyclic) bond motifs is 4. The van der Waals surface area contributed by atoms with Crippen molar-refractivity contribution in [2.24, 2.45) is 23.7 Å². The number of alkyl halides is 3. The summed E-state index contributed by atoms with van der Waals surface area (Å²) in [5.74, 6) is -10.1. The number of imide groups is 2. The number of phenolic OH excluding ortho intramolecular Hbond substituents is 2. The number of hydrazine groups is 1. The molecule has 10 nitrogen and oxygen atoms in total. The van der Waals surface area contributed by atoms with Crippen LogP contribution in [0.3, 0.4) is 0 Å². The van der Waals surface area contributed by atoms with Crippen LogP contribution in [0.1, 0.15) is 41.0 Å². The minimum absolute atomic E-state index is 0.0414. The number of nitrogens with one attached hydrogen (secondary N) is 1. The molecule has 1 aromatic heterocycles. The second kappa shape index (κ2) is 13.6. The number of halogens is 6. The number of aromatic nitrogens is 1. The van der Waals surface area contributed by atoms with Gasteiger partial charge in [0.2, 0.25) is 11.8 Å². The zero-order valence-electron chi connectivity index (χ0n) is 28.9.